The predicted octanol–water partition coefficient (Wildman–Crippen LogP) is 4.11. The van der Waals surface area contributed by atoms with Crippen LogP contribution in [0.15, 0.2) is 59.1 Å². The van der Waals surface area contributed by atoms with Gasteiger partial charge in [0.15, 0.2) is 6.61 Å². The molecule has 0 aliphatic heterocycles. The minimum atomic E-state index is -1.28. The van der Waals surface area contributed by atoms with Crippen LogP contribution in [0.5, 0.6) is 5.75 Å². The summed E-state index contributed by atoms with van der Waals surface area (Å²) < 4.78 is 32.9. The number of aliphatic hydroxyl groups is 1. The second kappa shape index (κ2) is 8.45. The fourth-order valence-corrected chi connectivity index (χ4v) is 2.96. The van der Waals surface area contributed by atoms with Crippen molar-refractivity contribution < 1.29 is 23.4 Å². The molecule has 140 valence electrons. The molecule has 3 aromatic carbocycles. The number of aliphatic hydroxyl groups excluding tert-OH is 1. The minimum Gasteiger partial charge on any atom is -0.484 e. The molecule has 0 radical (unpaired) electrons. The van der Waals surface area contributed by atoms with Crippen molar-refractivity contribution in [2.75, 3.05) is 13.2 Å². The van der Waals surface area contributed by atoms with Crippen molar-refractivity contribution in [3.05, 3.63) is 76.3 Å². The molecule has 3 aromatic rings. The van der Waals surface area contributed by atoms with E-state index in [0.717, 1.165) is 27.4 Å². The molecule has 0 aliphatic rings. The second-order valence-electron chi connectivity index (χ2n) is 5.93. The first kappa shape index (κ1) is 19.3. The predicted molar refractivity (Wildman–Crippen MR) is 101 cm³/mol. The summed E-state index contributed by atoms with van der Waals surface area (Å²) in [6, 6.07) is 14.1. The molecule has 2 N–H and O–H groups in total. The Hall–Kier alpha value is -2.51. The van der Waals surface area contributed by atoms with E-state index in [0.29, 0.717) is 11.8 Å². The van der Waals surface area contributed by atoms with Gasteiger partial charge in [0, 0.05) is 22.6 Å². The summed E-state index contributed by atoms with van der Waals surface area (Å²) in [5.74, 6) is -1.53. The van der Waals surface area contributed by atoms with Crippen LogP contribution in [0.4, 0.5) is 8.78 Å². The van der Waals surface area contributed by atoms with E-state index in [9.17, 15) is 18.7 Å². The quantitative estimate of drug-likeness (QED) is 0.612. The second-order valence-corrected chi connectivity index (χ2v) is 6.84. The molecule has 0 spiro atoms. The van der Waals surface area contributed by atoms with Gasteiger partial charge < -0.3 is 15.2 Å². The van der Waals surface area contributed by atoms with Crippen LogP contribution >= 0.6 is 15.9 Å². The Labute approximate surface area is 162 Å². The molecule has 0 heterocycles. The topological polar surface area (TPSA) is 58.6 Å². The van der Waals surface area contributed by atoms with Crippen LogP contribution in [0.2, 0.25) is 0 Å². The zero-order valence-corrected chi connectivity index (χ0v) is 15.7. The molecule has 3 rings (SSSR count). The number of amides is 1. The van der Waals surface area contributed by atoms with E-state index in [1.807, 2.05) is 30.3 Å². The summed E-state index contributed by atoms with van der Waals surface area (Å²) in [6.45, 7) is -0.461. The maximum Gasteiger partial charge on any atom is 0.258 e. The number of hydrogen-bond donors (Lipinski definition) is 2. The van der Waals surface area contributed by atoms with E-state index in [1.165, 1.54) is 0 Å². The van der Waals surface area contributed by atoms with Crippen LogP contribution in [0.25, 0.3) is 10.8 Å². The van der Waals surface area contributed by atoms with Crippen molar-refractivity contribution in [2.45, 2.75) is 6.10 Å². The Morgan fingerprint density at radius 3 is 2.59 bits per heavy atom. The van der Waals surface area contributed by atoms with E-state index in [-0.39, 0.29) is 18.7 Å². The molecule has 0 saturated carbocycles. The van der Waals surface area contributed by atoms with Crippen molar-refractivity contribution in [3.8, 4) is 5.75 Å². The van der Waals surface area contributed by atoms with Gasteiger partial charge in [0.1, 0.15) is 17.4 Å². The van der Waals surface area contributed by atoms with E-state index in [2.05, 4.69) is 21.2 Å². The third-order valence-electron chi connectivity index (χ3n) is 3.96. The summed E-state index contributed by atoms with van der Waals surface area (Å²) in [5.41, 5.74) is -0.0849. The van der Waals surface area contributed by atoms with Gasteiger partial charge >= 0.3 is 0 Å². The number of carbonyl (C=O) groups is 1. The monoisotopic (exact) mass is 435 g/mol. The number of rotatable bonds is 6. The smallest absolute Gasteiger partial charge is 0.258 e. The summed E-state index contributed by atoms with van der Waals surface area (Å²) in [5, 5.41) is 14.4. The van der Waals surface area contributed by atoms with Gasteiger partial charge in [0.25, 0.3) is 5.91 Å². The van der Waals surface area contributed by atoms with Gasteiger partial charge in [0.05, 0.1) is 6.10 Å². The van der Waals surface area contributed by atoms with Crippen molar-refractivity contribution in [1.29, 1.82) is 0 Å². The van der Waals surface area contributed by atoms with E-state index in [1.54, 1.807) is 6.07 Å². The lowest BCUT2D eigenvalue weighted by Crippen LogP contribution is -2.32. The lowest BCUT2D eigenvalue weighted by molar-refractivity contribution is -0.123. The number of carbonyl (C=O) groups excluding carboxylic acids is 1. The average molecular weight is 436 g/mol. The Kier molecular flexibility index (Phi) is 6.03. The molecule has 1 unspecified atom stereocenters. The van der Waals surface area contributed by atoms with Gasteiger partial charge in [-0.15, -0.1) is 0 Å². The van der Waals surface area contributed by atoms with Gasteiger partial charge in [-0.05, 0) is 41.1 Å². The summed E-state index contributed by atoms with van der Waals surface area (Å²) in [4.78, 5) is 11.9. The summed E-state index contributed by atoms with van der Waals surface area (Å²) in [7, 11) is 0. The number of fused-ring (bicyclic) bond motifs is 1. The average Bonchev–Trinajstić information content (AvgIpc) is 2.64. The maximum absolute atomic E-state index is 13.6. The molecule has 1 amide bonds. The number of benzene rings is 3. The fourth-order valence-electron chi connectivity index (χ4n) is 2.58. The van der Waals surface area contributed by atoms with Crippen LogP contribution in [0, 0.1) is 11.6 Å². The van der Waals surface area contributed by atoms with E-state index in [4.69, 9.17) is 4.74 Å². The highest BCUT2D eigenvalue weighted by atomic mass is 79.9. The third-order valence-corrected chi connectivity index (χ3v) is 4.45. The molecule has 0 aromatic heterocycles. The van der Waals surface area contributed by atoms with E-state index >= 15 is 0 Å². The standard InChI is InChI=1S/C20H16BrF2NO3/c21-14-3-1-13-8-16(5-2-12(13)7-14)27-11-20(26)24-10-19(25)17-6-4-15(22)9-18(17)23/h1-9,19,25H,10-11H2,(H,24,26). The first-order valence-corrected chi connectivity index (χ1v) is 8.93. The summed E-state index contributed by atoms with van der Waals surface area (Å²) in [6.07, 6.45) is -1.28. The van der Waals surface area contributed by atoms with Crippen LogP contribution in [0.3, 0.4) is 0 Å². The molecule has 0 fully saturated rings. The first-order chi connectivity index (χ1) is 12.9. The molecule has 0 saturated heterocycles. The Morgan fingerprint density at radius 2 is 1.81 bits per heavy atom. The molecule has 27 heavy (non-hydrogen) atoms. The largest absolute Gasteiger partial charge is 0.484 e. The molecule has 7 heteroatoms. The highest BCUT2D eigenvalue weighted by molar-refractivity contribution is 9.10. The third kappa shape index (κ3) is 5.02. The normalized spacial score (nSPS) is 12.0. The molecule has 4 nitrogen and oxygen atoms in total. The minimum absolute atomic E-state index is 0.0849. The lowest BCUT2D eigenvalue weighted by atomic mass is 10.1. The fraction of sp³-hybridized carbons (Fsp3) is 0.150. The van der Waals surface area contributed by atoms with Crippen molar-refractivity contribution in [2.24, 2.45) is 0 Å². The Bertz CT molecular complexity index is 981. The molecular weight excluding hydrogens is 420 g/mol. The van der Waals surface area contributed by atoms with Crippen LogP contribution in [-0.2, 0) is 4.79 Å². The lowest BCUT2D eigenvalue weighted by Gasteiger charge is -2.13. The zero-order chi connectivity index (χ0) is 19.4. The van der Waals surface area contributed by atoms with Crippen LogP contribution < -0.4 is 10.1 Å². The summed E-state index contributed by atoms with van der Waals surface area (Å²) >= 11 is 3.41. The number of nitrogens with one attached hydrogen (secondary N) is 1. The van der Waals surface area contributed by atoms with Crippen molar-refractivity contribution in [1.82, 2.24) is 5.32 Å². The molecule has 0 bridgehead atoms. The van der Waals surface area contributed by atoms with Crippen molar-refractivity contribution >= 4 is 32.6 Å². The number of halogens is 3. The Morgan fingerprint density at radius 1 is 1.07 bits per heavy atom. The molecular formula is C20H16BrF2NO3. The Balaban J connectivity index is 1.53. The van der Waals surface area contributed by atoms with Crippen LogP contribution in [0.1, 0.15) is 11.7 Å². The van der Waals surface area contributed by atoms with Crippen LogP contribution in [-0.4, -0.2) is 24.2 Å². The van der Waals surface area contributed by atoms with E-state index < -0.39 is 23.6 Å². The molecule has 0 aliphatic carbocycles. The van der Waals surface area contributed by atoms with Gasteiger partial charge in [-0.2, -0.15) is 0 Å². The van der Waals surface area contributed by atoms with Gasteiger partial charge in [0.2, 0.25) is 0 Å². The zero-order valence-electron chi connectivity index (χ0n) is 14.1. The first-order valence-electron chi connectivity index (χ1n) is 8.14. The van der Waals surface area contributed by atoms with Gasteiger partial charge in [-0.1, -0.05) is 34.1 Å². The molecule has 1 atom stereocenters. The van der Waals surface area contributed by atoms with Gasteiger partial charge in [-0.25, -0.2) is 8.78 Å². The number of ether oxygens (including phenoxy) is 1. The van der Waals surface area contributed by atoms with Crippen molar-refractivity contribution in [3.63, 3.8) is 0 Å². The maximum atomic E-state index is 13.6. The van der Waals surface area contributed by atoms with Gasteiger partial charge in [-0.3, -0.25) is 4.79 Å². The number of hydrogen-bond acceptors (Lipinski definition) is 3. The SMILES string of the molecule is O=C(COc1ccc2cc(Br)ccc2c1)NCC(O)c1ccc(F)cc1F. The highest BCUT2D eigenvalue weighted by Crippen LogP contribution is 2.24. The highest BCUT2D eigenvalue weighted by Gasteiger charge is 2.15.